The summed E-state index contributed by atoms with van der Waals surface area (Å²) in [5, 5.41) is 26.3. The first kappa shape index (κ1) is 33.3. The summed E-state index contributed by atoms with van der Waals surface area (Å²) >= 11 is 0. The SMILES string of the molecule is C[C@@H]1[C@@H](NC(=O)[C@@H]2[C@H]([C@H](C)O)C(O)ON2Cc2cccc(CN(CCN(C)C)CCC(C)(C)C)c2)C[C@H]2C[C@@H]1C2(C)C. The molecule has 8 nitrogen and oxygen atoms in total. The number of aliphatic hydroxyl groups excluding tert-OH is 2. The lowest BCUT2D eigenvalue weighted by Crippen LogP contribution is -2.62. The number of aliphatic hydroxyl groups is 2. The smallest absolute Gasteiger partial charge is 0.240 e. The van der Waals surface area contributed by atoms with Crippen molar-refractivity contribution in [2.75, 3.05) is 33.7 Å². The van der Waals surface area contributed by atoms with Gasteiger partial charge in [-0.1, -0.05) is 65.8 Å². The minimum absolute atomic E-state index is 0.105. The Morgan fingerprint density at radius 1 is 1.17 bits per heavy atom. The van der Waals surface area contributed by atoms with Crippen LogP contribution in [-0.2, 0) is 22.7 Å². The Balaban J connectivity index is 1.46. The van der Waals surface area contributed by atoms with Crippen molar-refractivity contribution in [2.24, 2.45) is 34.5 Å². The first-order valence-corrected chi connectivity index (χ1v) is 16.1. The zero-order valence-corrected chi connectivity index (χ0v) is 27.6. The van der Waals surface area contributed by atoms with Crippen LogP contribution in [0.1, 0.15) is 78.9 Å². The molecule has 1 heterocycles. The third-order valence-corrected chi connectivity index (χ3v) is 10.5. The maximum Gasteiger partial charge on any atom is 0.240 e. The average molecular weight is 587 g/mol. The molecule has 2 bridgehead atoms. The number of nitrogens with zero attached hydrogens (tertiary/aromatic N) is 3. The molecule has 42 heavy (non-hydrogen) atoms. The Morgan fingerprint density at radius 2 is 1.86 bits per heavy atom. The molecule has 1 saturated heterocycles. The highest BCUT2D eigenvalue weighted by atomic mass is 16.8. The number of carbonyl (C=O) groups excluding carboxylic acids is 1. The molecule has 238 valence electrons. The zero-order valence-electron chi connectivity index (χ0n) is 27.6. The normalized spacial score (nSPS) is 31.8. The molecule has 1 aliphatic heterocycles. The molecule has 1 amide bonds. The molecular weight excluding hydrogens is 528 g/mol. The first-order chi connectivity index (χ1) is 19.6. The predicted octanol–water partition coefficient (Wildman–Crippen LogP) is 4.10. The van der Waals surface area contributed by atoms with Crippen molar-refractivity contribution in [2.45, 2.75) is 105 Å². The molecule has 0 aromatic heterocycles. The Morgan fingerprint density at radius 3 is 2.45 bits per heavy atom. The maximum atomic E-state index is 13.8. The Hall–Kier alpha value is -1.55. The van der Waals surface area contributed by atoms with Gasteiger partial charge in [-0.25, -0.2) is 0 Å². The lowest BCUT2D eigenvalue weighted by Gasteiger charge is -2.62. The van der Waals surface area contributed by atoms with Crippen LogP contribution >= 0.6 is 0 Å². The minimum atomic E-state index is -1.24. The van der Waals surface area contributed by atoms with Gasteiger partial charge in [0.2, 0.25) is 5.91 Å². The molecule has 0 radical (unpaired) electrons. The summed E-state index contributed by atoms with van der Waals surface area (Å²) in [6.45, 7) is 19.7. The van der Waals surface area contributed by atoms with Crippen LogP contribution in [0.25, 0.3) is 0 Å². The van der Waals surface area contributed by atoms with Gasteiger partial charge >= 0.3 is 0 Å². The molecular formula is C34H58N4O4. The topological polar surface area (TPSA) is 88.5 Å². The second-order valence-corrected chi connectivity index (χ2v) is 15.6. The van der Waals surface area contributed by atoms with Crippen LogP contribution in [-0.4, -0.2) is 89.2 Å². The van der Waals surface area contributed by atoms with Crippen molar-refractivity contribution in [1.29, 1.82) is 0 Å². The lowest BCUT2D eigenvalue weighted by atomic mass is 9.45. The number of fused-ring (bicyclic) bond motifs is 2. The Kier molecular flexibility index (Phi) is 10.5. The summed E-state index contributed by atoms with van der Waals surface area (Å²) in [7, 11) is 4.22. The molecule has 8 heteroatoms. The number of benzene rings is 1. The molecule has 1 aromatic rings. The molecule has 1 unspecified atom stereocenters. The van der Waals surface area contributed by atoms with Crippen LogP contribution in [0.2, 0.25) is 0 Å². The number of amides is 1. The van der Waals surface area contributed by atoms with E-state index in [4.69, 9.17) is 4.84 Å². The fourth-order valence-electron chi connectivity index (χ4n) is 7.54. The molecule has 4 fully saturated rings. The molecule has 4 aliphatic rings. The molecule has 3 saturated carbocycles. The van der Waals surface area contributed by atoms with Crippen molar-refractivity contribution in [1.82, 2.24) is 20.2 Å². The van der Waals surface area contributed by atoms with E-state index in [1.165, 1.54) is 12.0 Å². The number of hydrogen-bond acceptors (Lipinski definition) is 7. The van der Waals surface area contributed by atoms with Crippen LogP contribution in [0.4, 0.5) is 0 Å². The van der Waals surface area contributed by atoms with E-state index in [1.807, 2.05) is 6.07 Å². The number of nitrogens with one attached hydrogen (secondary N) is 1. The Labute approximate surface area is 254 Å². The number of hydroxylamine groups is 2. The number of carbonyl (C=O) groups is 1. The van der Waals surface area contributed by atoms with Crippen molar-refractivity contribution in [3.63, 3.8) is 0 Å². The standard InChI is InChI=1S/C34H58N4O4/c1-22-27-18-26(34(27,6)7)19-28(22)35-31(40)30-29(23(2)39)32(41)42-38(30)21-25-12-10-11-24(17-25)20-37(16-15-36(8)9)14-13-33(3,4)5/h10-12,17,22-23,26-30,32,39,41H,13-16,18-21H2,1-9H3,(H,35,40)/t22-,23-,26+,27-,28-,29-,30-,32?/m0/s1. The quantitative estimate of drug-likeness (QED) is 0.340. The number of rotatable bonds is 12. The number of hydrogen-bond donors (Lipinski definition) is 3. The van der Waals surface area contributed by atoms with Gasteiger partial charge in [-0.2, -0.15) is 5.06 Å². The van der Waals surface area contributed by atoms with E-state index in [0.29, 0.717) is 29.7 Å². The van der Waals surface area contributed by atoms with E-state index in [1.54, 1.807) is 12.0 Å². The minimum Gasteiger partial charge on any atom is -0.393 e. The van der Waals surface area contributed by atoms with Gasteiger partial charge < -0.3 is 20.4 Å². The second-order valence-electron chi connectivity index (χ2n) is 15.6. The van der Waals surface area contributed by atoms with E-state index in [2.05, 4.69) is 89.0 Å². The fraction of sp³-hybridized carbons (Fsp3) is 0.794. The second kappa shape index (κ2) is 13.2. The van der Waals surface area contributed by atoms with E-state index >= 15 is 0 Å². The third kappa shape index (κ3) is 7.74. The highest BCUT2D eigenvalue weighted by Crippen LogP contribution is 2.61. The summed E-state index contributed by atoms with van der Waals surface area (Å²) in [6, 6.07) is 7.77. The number of likely N-dealkylation sites (N-methyl/N-ethyl adjacent to an activating group) is 1. The fourth-order valence-corrected chi connectivity index (χ4v) is 7.54. The largest absolute Gasteiger partial charge is 0.393 e. The van der Waals surface area contributed by atoms with Gasteiger partial charge in [0.15, 0.2) is 6.29 Å². The van der Waals surface area contributed by atoms with Gasteiger partial charge in [0, 0.05) is 25.7 Å². The van der Waals surface area contributed by atoms with E-state index < -0.39 is 24.4 Å². The molecule has 5 rings (SSSR count). The van der Waals surface area contributed by atoms with Crippen LogP contribution < -0.4 is 5.32 Å². The predicted molar refractivity (Wildman–Crippen MR) is 167 cm³/mol. The highest BCUT2D eigenvalue weighted by molar-refractivity contribution is 5.82. The summed E-state index contributed by atoms with van der Waals surface area (Å²) < 4.78 is 0. The van der Waals surface area contributed by atoms with Crippen LogP contribution in [0.15, 0.2) is 24.3 Å². The van der Waals surface area contributed by atoms with E-state index in [-0.39, 0.29) is 17.4 Å². The van der Waals surface area contributed by atoms with Crippen LogP contribution in [0.3, 0.4) is 0 Å². The summed E-state index contributed by atoms with van der Waals surface area (Å²) in [4.78, 5) is 24.4. The first-order valence-electron chi connectivity index (χ1n) is 16.1. The molecule has 8 atom stereocenters. The molecule has 0 spiro atoms. The van der Waals surface area contributed by atoms with E-state index in [9.17, 15) is 15.0 Å². The maximum absolute atomic E-state index is 13.8. The molecule has 3 aliphatic carbocycles. The van der Waals surface area contributed by atoms with Crippen molar-refractivity contribution < 1.29 is 19.8 Å². The van der Waals surface area contributed by atoms with Crippen molar-refractivity contribution >= 4 is 5.91 Å². The lowest BCUT2D eigenvalue weighted by molar-refractivity contribution is -0.231. The van der Waals surface area contributed by atoms with Gasteiger partial charge in [0.05, 0.1) is 18.6 Å². The summed E-state index contributed by atoms with van der Waals surface area (Å²) in [6.07, 6.45) is 1.21. The summed E-state index contributed by atoms with van der Waals surface area (Å²) in [5.41, 5.74) is 2.84. The van der Waals surface area contributed by atoms with E-state index in [0.717, 1.165) is 44.6 Å². The average Bonchev–Trinajstić information content (AvgIpc) is 3.21. The van der Waals surface area contributed by atoms with Gasteiger partial charge in [0.25, 0.3) is 0 Å². The Bertz CT molecular complexity index is 1050. The van der Waals surface area contributed by atoms with Gasteiger partial charge in [-0.3, -0.25) is 14.5 Å². The summed E-state index contributed by atoms with van der Waals surface area (Å²) in [5.74, 6) is 0.740. The van der Waals surface area contributed by atoms with Gasteiger partial charge in [-0.05, 0) is 86.5 Å². The van der Waals surface area contributed by atoms with Crippen LogP contribution in [0.5, 0.6) is 0 Å². The van der Waals surface area contributed by atoms with Gasteiger partial charge in [0.1, 0.15) is 6.04 Å². The van der Waals surface area contributed by atoms with Gasteiger partial charge in [-0.15, -0.1) is 0 Å². The zero-order chi connectivity index (χ0) is 31.0. The van der Waals surface area contributed by atoms with Crippen molar-refractivity contribution in [3.8, 4) is 0 Å². The van der Waals surface area contributed by atoms with Crippen molar-refractivity contribution in [3.05, 3.63) is 35.4 Å². The molecule has 1 aromatic carbocycles. The monoisotopic (exact) mass is 586 g/mol. The van der Waals surface area contributed by atoms with Crippen LogP contribution in [0, 0.1) is 34.5 Å². The third-order valence-electron chi connectivity index (χ3n) is 10.5. The highest BCUT2D eigenvalue weighted by Gasteiger charge is 2.57. The molecule has 3 N–H and O–H groups in total.